The van der Waals surface area contributed by atoms with Crippen molar-refractivity contribution in [3.8, 4) is 0 Å². The van der Waals surface area contributed by atoms with Crippen LogP contribution in [0.25, 0.3) is 21.7 Å². The first-order valence-corrected chi connectivity index (χ1v) is 5.07. The van der Waals surface area contributed by atoms with Crippen molar-refractivity contribution in [1.82, 2.24) is 4.98 Å². The summed E-state index contributed by atoms with van der Waals surface area (Å²) in [5, 5.41) is 3.31. The molecule has 0 aliphatic carbocycles. The Kier molecular flexibility index (Phi) is 1.74. The lowest BCUT2D eigenvalue weighted by molar-refractivity contribution is 1.44. The molecule has 0 unspecified atom stereocenters. The SMILES string of the molecule is Nc1ccc2c(cnc3cc(N)ccc32)c1. The fourth-order valence-corrected chi connectivity index (χ4v) is 1.96. The van der Waals surface area contributed by atoms with E-state index in [2.05, 4.69) is 4.98 Å². The molecule has 0 amide bonds. The molecule has 1 heterocycles. The van der Waals surface area contributed by atoms with Crippen molar-refractivity contribution < 1.29 is 0 Å². The third-order valence-corrected chi connectivity index (χ3v) is 2.73. The number of hydrogen-bond donors (Lipinski definition) is 2. The van der Waals surface area contributed by atoms with Gasteiger partial charge < -0.3 is 11.5 Å². The second-order valence-corrected chi connectivity index (χ2v) is 3.88. The lowest BCUT2D eigenvalue weighted by atomic mass is 10.1. The zero-order valence-corrected chi connectivity index (χ0v) is 8.64. The van der Waals surface area contributed by atoms with Crippen molar-refractivity contribution >= 4 is 33.1 Å². The maximum absolute atomic E-state index is 5.74. The van der Waals surface area contributed by atoms with Crippen LogP contribution in [0, 0.1) is 0 Å². The first-order chi connectivity index (χ1) is 7.74. The number of nitrogen functional groups attached to an aromatic ring is 2. The normalized spacial score (nSPS) is 11.0. The molecule has 0 atom stereocenters. The highest BCUT2D eigenvalue weighted by Gasteiger charge is 2.02. The van der Waals surface area contributed by atoms with Gasteiger partial charge in [0, 0.05) is 28.3 Å². The van der Waals surface area contributed by atoms with Crippen LogP contribution in [0.5, 0.6) is 0 Å². The van der Waals surface area contributed by atoms with Crippen molar-refractivity contribution in [1.29, 1.82) is 0 Å². The minimum atomic E-state index is 0.731. The van der Waals surface area contributed by atoms with Gasteiger partial charge in [0.25, 0.3) is 0 Å². The standard InChI is InChI=1S/C13H11N3/c14-9-1-3-11-8(5-9)7-16-13-6-10(15)2-4-12(11)13/h1-7H,14-15H2. The quantitative estimate of drug-likeness (QED) is 0.441. The van der Waals surface area contributed by atoms with E-state index in [0.717, 1.165) is 33.1 Å². The topological polar surface area (TPSA) is 64.9 Å². The summed E-state index contributed by atoms with van der Waals surface area (Å²) >= 11 is 0. The highest BCUT2D eigenvalue weighted by molar-refractivity contribution is 6.06. The number of nitrogens with zero attached hydrogens (tertiary/aromatic N) is 1. The zero-order valence-electron chi connectivity index (χ0n) is 8.64. The van der Waals surface area contributed by atoms with Crippen LogP contribution in [0.2, 0.25) is 0 Å². The van der Waals surface area contributed by atoms with Gasteiger partial charge in [-0.25, -0.2) is 0 Å². The van der Waals surface area contributed by atoms with Gasteiger partial charge in [0.1, 0.15) is 0 Å². The lowest BCUT2D eigenvalue weighted by Crippen LogP contribution is -1.88. The predicted octanol–water partition coefficient (Wildman–Crippen LogP) is 2.55. The van der Waals surface area contributed by atoms with Gasteiger partial charge in [0.15, 0.2) is 0 Å². The molecular formula is C13H11N3. The summed E-state index contributed by atoms with van der Waals surface area (Å²) in [6.07, 6.45) is 1.83. The summed E-state index contributed by atoms with van der Waals surface area (Å²) in [6.45, 7) is 0. The molecule has 0 spiro atoms. The summed E-state index contributed by atoms with van der Waals surface area (Å²) in [5.74, 6) is 0. The van der Waals surface area contributed by atoms with Crippen LogP contribution in [0.15, 0.2) is 42.6 Å². The van der Waals surface area contributed by atoms with E-state index in [1.807, 2.05) is 42.6 Å². The van der Waals surface area contributed by atoms with Gasteiger partial charge in [0.2, 0.25) is 0 Å². The Morgan fingerprint density at radius 2 is 1.50 bits per heavy atom. The summed E-state index contributed by atoms with van der Waals surface area (Å²) in [5.41, 5.74) is 13.9. The maximum atomic E-state index is 5.74. The van der Waals surface area contributed by atoms with Crippen molar-refractivity contribution in [3.05, 3.63) is 42.6 Å². The highest BCUT2D eigenvalue weighted by Crippen LogP contribution is 2.26. The average Bonchev–Trinajstić information content (AvgIpc) is 2.28. The molecule has 4 N–H and O–H groups in total. The van der Waals surface area contributed by atoms with Gasteiger partial charge in [-0.15, -0.1) is 0 Å². The van der Waals surface area contributed by atoms with Crippen LogP contribution in [0.1, 0.15) is 0 Å². The molecule has 0 aliphatic rings. The van der Waals surface area contributed by atoms with Crippen LogP contribution < -0.4 is 11.5 Å². The lowest BCUT2D eigenvalue weighted by Gasteiger charge is -2.04. The number of nitrogens with two attached hydrogens (primary N) is 2. The van der Waals surface area contributed by atoms with Gasteiger partial charge in [0.05, 0.1) is 5.52 Å². The van der Waals surface area contributed by atoms with Crippen molar-refractivity contribution in [2.24, 2.45) is 0 Å². The van der Waals surface area contributed by atoms with Gasteiger partial charge in [-0.05, 0) is 29.7 Å². The van der Waals surface area contributed by atoms with Gasteiger partial charge in [-0.2, -0.15) is 0 Å². The number of anilines is 2. The first-order valence-electron chi connectivity index (χ1n) is 5.07. The largest absolute Gasteiger partial charge is 0.399 e. The Bertz CT molecular complexity index is 628. The molecular weight excluding hydrogens is 198 g/mol. The number of hydrogen-bond acceptors (Lipinski definition) is 3. The van der Waals surface area contributed by atoms with Crippen LogP contribution in [-0.2, 0) is 0 Å². The zero-order chi connectivity index (χ0) is 11.1. The number of aromatic nitrogens is 1. The second kappa shape index (κ2) is 3.10. The molecule has 0 fully saturated rings. The smallest absolute Gasteiger partial charge is 0.0728 e. The number of rotatable bonds is 0. The molecule has 78 valence electrons. The average molecular weight is 209 g/mol. The van der Waals surface area contributed by atoms with Crippen molar-refractivity contribution in [2.75, 3.05) is 11.5 Å². The van der Waals surface area contributed by atoms with Crippen molar-refractivity contribution in [3.63, 3.8) is 0 Å². The fraction of sp³-hybridized carbons (Fsp3) is 0. The van der Waals surface area contributed by atoms with Gasteiger partial charge >= 0.3 is 0 Å². The fourth-order valence-electron chi connectivity index (χ4n) is 1.96. The molecule has 1 aromatic heterocycles. The molecule has 3 nitrogen and oxygen atoms in total. The van der Waals surface area contributed by atoms with Gasteiger partial charge in [-0.3, -0.25) is 4.98 Å². The molecule has 2 aromatic carbocycles. The molecule has 0 radical (unpaired) electrons. The van der Waals surface area contributed by atoms with E-state index in [-0.39, 0.29) is 0 Å². The summed E-state index contributed by atoms with van der Waals surface area (Å²) in [6, 6.07) is 11.6. The third-order valence-electron chi connectivity index (χ3n) is 2.73. The molecule has 0 aliphatic heterocycles. The predicted molar refractivity (Wildman–Crippen MR) is 68.1 cm³/mol. The Hall–Kier alpha value is -2.29. The molecule has 0 saturated heterocycles. The van der Waals surface area contributed by atoms with E-state index in [9.17, 15) is 0 Å². The van der Waals surface area contributed by atoms with Crippen LogP contribution in [-0.4, -0.2) is 4.98 Å². The van der Waals surface area contributed by atoms with E-state index in [1.165, 1.54) is 0 Å². The minimum absolute atomic E-state index is 0.731. The maximum Gasteiger partial charge on any atom is 0.0728 e. The Balaban J connectivity index is 2.50. The molecule has 3 rings (SSSR count). The number of pyridine rings is 1. The number of benzene rings is 2. The monoisotopic (exact) mass is 209 g/mol. The van der Waals surface area contributed by atoms with E-state index in [4.69, 9.17) is 11.5 Å². The molecule has 16 heavy (non-hydrogen) atoms. The molecule has 3 aromatic rings. The number of fused-ring (bicyclic) bond motifs is 3. The molecule has 0 saturated carbocycles. The third kappa shape index (κ3) is 1.26. The van der Waals surface area contributed by atoms with E-state index < -0.39 is 0 Å². The molecule has 3 heteroatoms. The van der Waals surface area contributed by atoms with E-state index in [1.54, 1.807) is 0 Å². The van der Waals surface area contributed by atoms with Crippen LogP contribution in [0.4, 0.5) is 11.4 Å². The summed E-state index contributed by atoms with van der Waals surface area (Å²) in [4.78, 5) is 4.38. The molecule has 0 bridgehead atoms. The van der Waals surface area contributed by atoms with Crippen LogP contribution >= 0.6 is 0 Å². The van der Waals surface area contributed by atoms with E-state index in [0.29, 0.717) is 0 Å². The first kappa shape index (κ1) is 8.97. The van der Waals surface area contributed by atoms with Crippen LogP contribution in [0.3, 0.4) is 0 Å². The van der Waals surface area contributed by atoms with Crippen molar-refractivity contribution in [2.45, 2.75) is 0 Å². The summed E-state index contributed by atoms with van der Waals surface area (Å²) in [7, 11) is 0. The van der Waals surface area contributed by atoms with E-state index >= 15 is 0 Å². The van der Waals surface area contributed by atoms with Gasteiger partial charge in [-0.1, -0.05) is 12.1 Å². The second-order valence-electron chi connectivity index (χ2n) is 3.88. The highest BCUT2D eigenvalue weighted by atomic mass is 14.7. The minimum Gasteiger partial charge on any atom is -0.399 e. The summed E-state index contributed by atoms with van der Waals surface area (Å²) < 4.78 is 0. The Morgan fingerprint density at radius 1 is 0.812 bits per heavy atom. The Labute approximate surface area is 92.7 Å². The Morgan fingerprint density at radius 3 is 2.31 bits per heavy atom.